The molecule has 23 heavy (non-hydrogen) atoms. The molecule has 0 radical (unpaired) electrons. The van der Waals surface area contributed by atoms with Crippen LogP contribution in [0.2, 0.25) is 0 Å². The molecule has 0 saturated carbocycles. The number of anilines is 1. The summed E-state index contributed by atoms with van der Waals surface area (Å²) in [6.45, 7) is 2.08. The van der Waals surface area contributed by atoms with E-state index >= 15 is 0 Å². The molecule has 118 valence electrons. The van der Waals surface area contributed by atoms with Gasteiger partial charge in [0, 0.05) is 30.2 Å². The summed E-state index contributed by atoms with van der Waals surface area (Å²) in [5.74, 6) is 0.563. The molecule has 0 bridgehead atoms. The molecule has 0 atom stereocenters. The first-order valence-corrected chi connectivity index (χ1v) is 8.36. The molecule has 5 heteroatoms. The Morgan fingerprint density at radius 1 is 1.17 bits per heavy atom. The topological polar surface area (TPSA) is 34.0 Å². The first-order valence-electron chi connectivity index (χ1n) is 7.37. The van der Waals surface area contributed by atoms with Crippen molar-refractivity contribution in [1.29, 1.82) is 0 Å². The van der Waals surface area contributed by atoms with Gasteiger partial charge in [-0.1, -0.05) is 37.1 Å². The van der Waals surface area contributed by atoms with Gasteiger partial charge in [-0.3, -0.25) is 4.79 Å². The summed E-state index contributed by atoms with van der Waals surface area (Å²) < 4.78 is 18.3. The number of fused-ring (bicyclic) bond motifs is 1. The molecular weight excluding hydrogens is 311 g/mol. The standard InChI is InChI=1S/C18H17FN2OS/c1-3-23-20-14-6-4-5-12(9-14)17-11-21(2)18(22)16-10-13(19)7-8-15(16)17/h4-11,20H,3H2,1-2H3. The zero-order valence-corrected chi connectivity index (χ0v) is 13.8. The summed E-state index contributed by atoms with van der Waals surface area (Å²) in [5.41, 5.74) is 2.70. The van der Waals surface area contributed by atoms with Crippen LogP contribution in [0.1, 0.15) is 6.92 Å². The fraction of sp³-hybridized carbons (Fsp3) is 0.167. The predicted molar refractivity (Wildman–Crippen MR) is 96.3 cm³/mol. The van der Waals surface area contributed by atoms with Gasteiger partial charge < -0.3 is 9.29 Å². The summed E-state index contributed by atoms with van der Waals surface area (Å²) in [5, 5.41) is 1.15. The Morgan fingerprint density at radius 2 is 2.00 bits per heavy atom. The number of pyridine rings is 1. The molecule has 0 unspecified atom stereocenters. The SMILES string of the molecule is CCSNc1cccc(-c2cn(C)c(=O)c3cc(F)ccc23)c1. The fourth-order valence-electron chi connectivity index (χ4n) is 2.58. The number of aryl methyl sites for hydroxylation is 1. The monoisotopic (exact) mass is 328 g/mol. The molecule has 3 nitrogen and oxygen atoms in total. The van der Waals surface area contributed by atoms with E-state index in [-0.39, 0.29) is 5.56 Å². The molecule has 0 saturated heterocycles. The Kier molecular flexibility index (Phi) is 4.39. The Morgan fingerprint density at radius 3 is 2.78 bits per heavy atom. The van der Waals surface area contributed by atoms with E-state index in [0.717, 1.165) is 28.0 Å². The van der Waals surface area contributed by atoms with Crippen molar-refractivity contribution in [1.82, 2.24) is 4.57 Å². The number of hydrogen-bond acceptors (Lipinski definition) is 3. The van der Waals surface area contributed by atoms with Crippen molar-refractivity contribution in [2.45, 2.75) is 6.92 Å². The van der Waals surface area contributed by atoms with Crippen LogP contribution >= 0.6 is 11.9 Å². The van der Waals surface area contributed by atoms with Crippen molar-refractivity contribution in [3.05, 3.63) is 64.8 Å². The number of aromatic nitrogens is 1. The summed E-state index contributed by atoms with van der Waals surface area (Å²) >= 11 is 1.62. The van der Waals surface area contributed by atoms with Gasteiger partial charge in [-0.15, -0.1) is 0 Å². The number of nitrogens with one attached hydrogen (secondary N) is 1. The molecule has 0 spiro atoms. The van der Waals surface area contributed by atoms with Gasteiger partial charge in [0.1, 0.15) is 5.82 Å². The molecule has 3 aromatic rings. The van der Waals surface area contributed by atoms with Crippen molar-refractivity contribution >= 4 is 28.4 Å². The quantitative estimate of drug-likeness (QED) is 0.720. The van der Waals surface area contributed by atoms with E-state index in [2.05, 4.69) is 11.6 Å². The van der Waals surface area contributed by atoms with E-state index < -0.39 is 5.82 Å². The van der Waals surface area contributed by atoms with Crippen LogP contribution in [0, 0.1) is 5.82 Å². The number of nitrogens with zero attached hydrogens (tertiary/aromatic N) is 1. The Labute approximate surface area is 138 Å². The highest BCUT2D eigenvalue weighted by atomic mass is 32.2. The predicted octanol–water partition coefficient (Wildman–Crippen LogP) is 4.42. The van der Waals surface area contributed by atoms with Gasteiger partial charge in [0.25, 0.3) is 5.56 Å². The van der Waals surface area contributed by atoms with Crippen LogP contribution in [0.5, 0.6) is 0 Å². The van der Waals surface area contributed by atoms with Crippen LogP contribution in [-0.2, 0) is 7.05 Å². The lowest BCUT2D eigenvalue weighted by Crippen LogP contribution is -2.16. The van der Waals surface area contributed by atoms with Crippen LogP contribution in [0.4, 0.5) is 10.1 Å². The average Bonchev–Trinajstić information content (AvgIpc) is 2.56. The maximum atomic E-state index is 13.5. The molecule has 1 aromatic heterocycles. The van der Waals surface area contributed by atoms with Crippen LogP contribution in [0.25, 0.3) is 21.9 Å². The van der Waals surface area contributed by atoms with E-state index in [9.17, 15) is 9.18 Å². The lowest BCUT2D eigenvalue weighted by Gasteiger charge is -2.11. The molecule has 0 aliphatic carbocycles. The van der Waals surface area contributed by atoms with Gasteiger partial charge in [-0.25, -0.2) is 4.39 Å². The smallest absolute Gasteiger partial charge is 0.258 e. The normalized spacial score (nSPS) is 10.9. The third-order valence-electron chi connectivity index (χ3n) is 3.65. The molecule has 0 aliphatic heterocycles. The van der Waals surface area contributed by atoms with Crippen LogP contribution in [0.15, 0.2) is 53.5 Å². The van der Waals surface area contributed by atoms with Crippen LogP contribution in [-0.4, -0.2) is 10.3 Å². The maximum absolute atomic E-state index is 13.5. The van der Waals surface area contributed by atoms with Crippen LogP contribution < -0.4 is 10.3 Å². The molecule has 0 fully saturated rings. The highest BCUT2D eigenvalue weighted by molar-refractivity contribution is 8.00. The first-order chi connectivity index (χ1) is 11.1. The van der Waals surface area contributed by atoms with Crippen molar-refractivity contribution in [3.8, 4) is 11.1 Å². The molecule has 0 aliphatic rings. The average molecular weight is 328 g/mol. The molecule has 1 N–H and O–H groups in total. The summed E-state index contributed by atoms with van der Waals surface area (Å²) in [6.07, 6.45) is 1.80. The van der Waals surface area contributed by atoms with E-state index in [1.54, 1.807) is 31.3 Å². The highest BCUT2D eigenvalue weighted by Gasteiger charge is 2.10. The minimum Gasteiger partial charge on any atom is -0.330 e. The molecule has 0 amide bonds. The number of hydrogen-bond donors (Lipinski definition) is 1. The van der Waals surface area contributed by atoms with Gasteiger partial charge in [-0.2, -0.15) is 0 Å². The number of benzene rings is 2. The Hall–Kier alpha value is -2.27. The molecule has 1 heterocycles. The number of halogens is 1. The van der Waals surface area contributed by atoms with E-state index in [1.165, 1.54) is 16.7 Å². The molecule has 2 aromatic carbocycles. The van der Waals surface area contributed by atoms with Crippen molar-refractivity contribution in [2.75, 3.05) is 10.5 Å². The zero-order valence-electron chi connectivity index (χ0n) is 13.0. The molecular formula is C18H17FN2OS. The van der Waals surface area contributed by atoms with Crippen molar-refractivity contribution < 1.29 is 4.39 Å². The van der Waals surface area contributed by atoms with Crippen LogP contribution in [0.3, 0.4) is 0 Å². The van der Waals surface area contributed by atoms with E-state index in [4.69, 9.17) is 0 Å². The lowest BCUT2D eigenvalue weighted by atomic mass is 10.00. The third kappa shape index (κ3) is 3.10. The van der Waals surface area contributed by atoms with Gasteiger partial charge in [-0.05, 0) is 35.2 Å². The first kappa shape index (κ1) is 15.6. The second-order valence-electron chi connectivity index (χ2n) is 5.26. The van der Waals surface area contributed by atoms with Gasteiger partial charge in [0.05, 0.1) is 5.39 Å². The lowest BCUT2D eigenvalue weighted by molar-refractivity contribution is 0.629. The van der Waals surface area contributed by atoms with E-state index in [0.29, 0.717) is 5.39 Å². The summed E-state index contributed by atoms with van der Waals surface area (Å²) in [6, 6.07) is 12.3. The van der Waals surface area contributed by atoms with Gasteiger partial charge in [0.15, 0.2) is 0 Å². The number of rotatable bonds is 4. The third-order valence-corrected chi connectivity index (χ3v) is 4.32. The largest absolute Gasteiger partial charge is 0.330 e. The van der Waals surface area contributed by atoms with Crippen molar-refractivity contribution in [2.24, 2.45) is 7.05 Å². The second-order valence-corrected chi connectivity index (χ2v) is 6.33. The zero-order chi connectivity index (χ0) is 16.4. The minimum atomic E-state index is -0.401. The minimum absolute atomic E-state index is 0.195. The summed E-state index contributed by atoms with van der Waals surface area (Å²) in [7, 11) is 1.69. The Balaban J connectivity index is 2.20. The maximum Gasteiger partial charge on any atom is 0.258 e. The summed E-state index contributed by atoms with van der Waals surface area (Å²) in [4.78, 5) is 12.3. The van der Waals surface area contributed by atoms with Crippen molar-refractivity contribution in [3.63, 3.8) is 0 Å². The second kappa shape index (κ2) is 6.46. The van der Waals surface area contributed by atoms with Gasteiger partial charge in [0.2, 0.25) is 0 Å². The highest BCUT2D eigenvalue weighted by Crippen LogP contribution is 2.29. The van der Waals surface area contributed by atoms with E-state index in [1.807, 2.05) is 24.3 Å². The molecule has 3 rings (SSSR count). The van der Waals surface area contributed by atoms with Gasteiger partial charge >= 0.3 is 0 Å². The fourth-order valence-corrected chi connectivity index (χ4v) is 3.01. The Bertz CT molecular complexity index is 921.